The maximum Gasteiger partial charge on any atom is 0.259 e. The lowest BCUT2D eigenvalue weighted by molar-refractivity contribution is 0.0974. The number of hydrogen-bond donors (Lipinski definition) is 0. The fourth-order valence-corrected chi connectivity index (χ4v) is 6.19. The summed E-state index contributed by atoms with van der Waals surface area (Å²) in [6.07, 6.45) is 4.41. The SMILES string of the molecule is O=C1c2ccccc2Sc2cc(-c3noc(-c4ccccc4Br)n3)ccc2N1C1CCCC1. The van der Waals surface area contributed by atoms with Gasteiger partial charge in [-0.2, -0.15) is 4.98 Å². The molecule has 1 fully saturated rings. The minimum atomic E-state index is 0.0901. The van der Waals surface area contributed by atoms with E-state index in [-0.39, 0.29) is 11.9 Å². The molecule has 0 spiro atoms. The summed E-state index contributed by atoms with van der Waals surface area (Å²) < 4.78 is 6.47. The molecule has 164 valence electrons. The van der Waals surface area contributed by atoms with E-state index in [1.54, 1.807) is 11.8 Å². The number of carbonyl (C=O) groups is 1. The average molecular weight is 518 g/mol. The molecule has 1 amide bonds. The van der Waals surface area contributed by atoms with Crippen LogP contribution in [0.4, 0.5) is 5.69 Å². The molecule has 1 aliphatic heterocycles. The van der Waals surface area contributed by atoms with Gasteiger partial charge in [0.2, 0.25) is 5.82 Å². The number of rotatable bonds is 3. The maximum atomic E-state index is 13.6. The van der Waals surface area contributed by atoms with Crippen molar-refractivity contribution in [3.05, 3.63) is 76.8 Å². The zero-order valence-electron chi connectivity index (χ0n) is 17.7. The third-order valence-corrected chi connectivity index (χ3v) is 8.07. The van der Waals surface area contributed by atoms with Gasteiger partial charge < -0.3 is 9.42 Å². The minimum absolute atomic E-state index is 0.0901. The van der Waals surface area contributed by atoms with Gasteiger partial charge in [0, 0.05) is 25.9 Å². The van der Waals surface area contributed by atoms with Crippen LogP contribution in [0.5, 0.6) is 0 Å². The van der Waals surface area contributed by atoms with E-state index in [0.29, 0.717) is 11.7 Å². The van der Waals surface area contributed by atoms with Crippen molar-refractivity contribution in [2.75, 3.05) is 4.90 Å². The zero-order valence-corrected chi connectivity index (χ0v) is 20.1. The van der Waals surface area contributed by atoms with Gasteiger partial charge in [0.05, 0.1) is 16.8 Å². The number of nitrogens with zero attached hydrogens (tertiary/aromatic N) is 3. The zero-order chi connectivity index (χ0) is 22.4. The second-order valence-electron chi connectivity index (χ2n) is 8.30. The fraction of sp³-hybridized carbons (Fsp3) is 0.192. The minimum Gasteiger partial charge on any atom is -0.334 e. The van der Waals surface area contributed by atoms with Crippen molar-refractivity contribution in [1.82, 2.24) is 10.1 Å². The molecule has 0 radical (unpaired) electrons. The van der Waals surface area contributed by atoms with Crippen LogP contribution in [0.1, 0.15) is 36.0 Å². The Morgan fingerprint density at radius 2 is 1.70 bits per heavy atom. The first kappa shape index (κ1) is 20.7. The second kappa shape index (κ2) is 8.47. The molecule has 1 aromatic heterocycles. The Kier molecular flexibility index (Phi) is 5.31. The van der Waals surface area contributed by atoms with E-state index < -0.39 is 0 Å². The summed E-state index contributed by atoms with van der Waals surface area (Å²) >= 11 is 5.18. The van der Waals surface area contributed by atoms with Crippen LogP contribution in [0, 0.1) is 0 Å². The van der Waals surface area contributed by atoms with Crippen molar-refractivity contribution in [2.45, 2.75) is 41.5 Å². The number of benzene rings is 3. The molecule has 7 heteroatoms. The van der Waals surface area contributed by atoms with Crippen LogP contribution >= 0.6 is 27.7 Å². The van der Waals surface area contributed by atoms with Crippen LogP contribution in [0.3, 0.4) is 0 Å². The summed E-state index contributed by atoms with van der Waals surface area (Å²) in [5, 5.41) is 4.24. The molecule has 33 heavy (non-hydrogen) atoms. The average Bonchev–Trinajstić information content (AvgIpc) is 3.52. The van der Waals surface area contributed by atoms with Crippen LogP contribution in [0.25, 0.3) is 22.8 Å². The topological polar surface area (TPSA) is 59.2 Å². The quantitative estimate of drug-likeness (QED) is 0.287. The van der Waals surface area contributed by atoms with Crippen molar-refractivity contribution in [3.63, 3.8) is 0 Å². The molecular weight excluding hydrogens is 498 g/mol. The molecule has 3 aromatic carbocycles. The Morgan fingerprint density at radius 3 is 2.52 bits per heavy atom. The molecule has 6 rings (SSSR count). The van der Waals surface area contributed by atoms with Crippen molar-refractivity contribution < 1.29 is 9.32 Å². The largest absolute Gasteiger partial charge is 0.334 e. The lowest BCUT2D eigenvalue weighted by Crippen LogP contribution is -2.39. The number of anilines is 1. The number of halogens is 1. The molecular formula is C26H20BrN3O2S. The van der Waals surface area contributed by atoms with Gasteiger partial charge in [0.25, 0.3) is 11.8 Å². The number of aromatic nitrogens is 2. The first-order valence-electron chi connectivity index (χ1n) is 11.0. The van der Waals surface area contributed by atoms with Crippen molar-refractivity contribution >= 4 is 39.3 Å². The fourth-order valence-electron chi connectivity index (χ4n) is 4.63. The summed E-state index contributed by atoms with van der Waals surface area (Å²) in [6, 6.07) is 22.0. The molecule has 1 saturated carbocycles. The van der Waals surface area contributed by atoms with Gasteiger partial charge in [-0.05, 0) is 71.2 Å². The van der Waals surface area contributed by atoms with E-state index in [9.17, 15) is 4.79 Å². The Balaban J connectivity index is 1.44. The Hall–Kier alpha value is -2.90. The molecule has 5 nitrogen and oxygen atoms in total. The summed E-state index contributed by atoms with van der Waals surface area (Å²) in [5.41, 5.74) is 3.45. The van der Waals surface area contributed by atoms with Gasteiger partial charge in [0.1, 0.15) is 0 Å². The van der Waals surface area contributed by atoms with E-state index in [1.165, 1.54) is 0 Å². The van der Waals surface area contributed by atoms with E-state index >= 15 is 0 Å². The second-order valence-corrected chi connectivity index (χ2v) is 10.2. The molecule has 2 aliphatic rings. The van der Waals surface area contributed by atoms with Gasteiger partial charge in [-0.25, -0.2) is 0 Å². The summed E-state index contributed by atoms with van der Waals surface area (Å²) in [5.74, 6) is 1.08. The van der Waals surface area contributed by atoms with E-state index in [4.69, 9.17) is 4.52 Å². The number of amides is 1. The third kappa shape index (κ3) is 3.69. The van der Waals surface area contributed by atoms with Crippen molar-refractivity contribution in [2.24, 2.45) is 0 Å². The molecule has 0 unspecified atom stereocenters. The molecule has 0 bridgehead atoms. The Bertz CT molecular complexity index is 1360. The first-order chi connectivity index (χ1) is 16.2. The highest BCUT2D eigenvalue weighted by molar-refractivity contribution is 9.10. The van der Waals surface area contributed by atoms with Gasteiger partial charge in [-0.1, -0.05) is 54.0 Å². The molecule has 0 saturated heterocycles. The highest BCUT2D eigenvalue weighted by Gasteiger charge is 2.34. The van der Waals surface area contributed by atoms with E-state index in [1.807, 2.05) is 65.6 Å². The van der Waals surface area contributed by atoms with Gasteiger partial charge in [0.15, 0.2) is 0 Å². The number of fused-ring (bicyclic) bond motifs is 2. The predicted molar refractivity (Wildman–Crippen MR) is 133 cm³/mol. The van der Waals surface area contributed by atoms with Crippen LogP contribution in [0.15, 0.2) is 85.5 Å². The highest BCUT2D eigenvalue weighted by Crippen LogP contribution is 2.45. The maximum absolute atomic E-state index is 13.6. The van der Waals surface area contributed by atoms with Crippen molar-refractivity contribution in [3.8, 4) is 22.8 Å². The van der Waals surface area contributed by atoms with Gasteiger partial charge in [-0.3, -0.25) is 4.79 Å². The van der Waals surface area contributed by atoms with Crippen LogP contribution in [-0.2, 0) is 0 Å². The predicted octanol–water partition coefficient (Wildman–Crippen LogP) is 7.22. The third-order valence-electron chi connectivity index (χ3n) is 6.25. The summed E-state index contributed by atoms with van der Waals surface area (Å²) in [6.45, 7) is 0. The molecule has 0 N–H and O–H groups in total. The van der Waals surface area contributed by atoms with E-state index in [0.717, 1.165) is 62.3 Å². The monoisotopic (exact) mass is 517 g/mol. The molecule has 2 heterocycles. The van der Waals surface area contributed by atoms with Crippen molar-refractivity contribution in [1.29, 1.82) is 0 Å². The molecule has 1 aliphatic carbocycles. The normalized spacial score (nSPS) is 15.9. The Labute approximate surface area is 204 Å². The molecule has 0 atom stereocenters. The summed E-state index contributed by atoms with van der Waals surface area (Å²) in [4.78, 5) is 22.3. The molecule has 4 aromatic rings. The highest BCUT2D eigenvalue weighted by atomic mass is 79.9. The van der Waals surface area contributed by atoms with E-state index in [2.05, 4.69) is 32.1 Å². The standard InChI is InChI=1S/C26H20BrN3O2S/c27-20-11-5-3-9-18(20)25-28-24(29-32-25)16-13-14-21-23(15-16)33-22-12-6-4-10-19(22)26(31)30(21)17-7-1-2-8-17/h3-6,9-15,17H,1-2,7-8H2. The lowest BCUT2D eigenvalue weighted by atomic mass is 10.1. The lowest BCUT2D eigenvalue weighted by Gasteiger charge is -2.29. The first-order valence-corrected chi connectivity index (χ1v) is 12.6. The van der Waals surface area contributed by atoms with Crippen LogP contribution < -0.4 is 4.90 Å². The van der Waals surface area contributed by atoms with Gasteiger partial charge in [-0.15, -0.1) is 0 Å². The Morgan fingerprint density at radius 1 is 0.939 bits per heavy atom. The number of carbonyl (C=O) groups excluding carboxylic acids is 1. The summed E-state index contributed by atoms with van der Waals surface area (Å²) in [7, 11) is 0. The van der Waals surface area contributed by atoms with Crippen LogP contribution in [0.2, 0.25) is 0 Å². The number of hydrogen-bond acceptors (Lipinski definition) is 5. The van der Waals surface area contributed by atoms with Crippen LogP contribution in [-0.4, -0.2) is 22.1 Å². The smallest absolute Gasteiger partial charge is 0.259 e. The van der Waals surface area contributed by atoms with Gasteiger partial charge >= 0.3 is 0 Å².